The molecule has 0 aliphatic carbocycles. The number of carbonyl (C=O) groups excluding carboxylic acids is 1. The van der Waals surface area contributed by atoms with Crippen molar-refractivity contribution in [3.8, 4) is 11.3 Å². The summed E-state index contributed by atoms with van der Waals surface area (Å²) in [5, 5.41) is 9.27. The van der Waals surface area contributed by atoms with Crippen molar-refractivity contribution in [2.24, 2.45) is 5.73 Å². The number of nitrogens with two attached hydrogens (primary N) is 1. The van der Waals surface area contributed by atoms with Crippen molar-refractivity contribution in [2.75, 3.05) is 31.6 Å². The van der Waals surface area contributed by atoms with Crippen LogP contribution < -0.4 is 16.4 Å². The third-order valence-electron chi connectivity index (χ3n) is 6.08. The van der Waals surface area contributed by atoms with E-state index in [0.717, 1.165) is 18.2 Å². The van der Waals surface area contributed by atoms with Crippen LogP contribution in [0.4, 0.5) is 33.5 Å². The molecule has 43 heavy (non-hydrogen) atoms. The Balaban J connectivity index is 0.00000248. The number of anilines is 2. The summed E-state index contributed by atoms with van der Waals surface area (Å²) in [7, 11) is 0. The van der Waals surface area contributed by atoms with Gasteiger partial charge in [-0.2, -0.15) is 18.3 Å². The number of carbonyl (C=O) groups is 1. The molecule has 0 saturated carbocycles. The second-order valence-electron chi connectivity index (χ2n) is 8.98. The quantitative estimate of drug-likeness (QED) is 0.139. The van der Waals surface area contributed by atoms with Crippen molar-refractivity contribution in [2.45, 2.75) is 52.8 Å². The number of benzene rings is 1. The van der Waals surface area contributed by atoms with E-state index in [9.17, 15) is 26.7 Å². The lowest BCUT2D eigenvalue weighted by molar-refractivity contribution is -0.141. The molecular weight excluding hydrogens is 575 g/mol. The molecule has 0 aliphatic heterocycles. The Morgan fingerprint density at radius 1 is 1.16 bits per heavy atom. The van der Waals surface area contributed by atoms with Crippen molar-refractivity contribution < 1.29 is 31.5 Å². The molecule has 3 aromatic heterocycles. The lowest BCUT2D eigenvalue weighted by Gasteiger charge is -2.13. The number of aromatic nitrogens is 5. The van der Waals surface area contributed by atoms with Gasteiger partial charge < -0.3 is 21.1 Å². The van der Waals surface area contributed by atoms with Crippen LogP contribution in [0.5, 0.6) is 0 Å². The molecule has 3 heterocycles. The van der Waals surface area contributed by atoms with Gasteiger partial charge in [-0.25, -0.2) is 18.7 Å². The van der Waals surface area contributed by atoms with Gasteiger partial charge in [0.05, 0.1) is 24.1 Å². The maximum atomic E-state index is 13.7. The van der Waals surface area contributed by atoms with Crippen molar-refractivity contribution in [1.29, 1.82) is 0 Å². The van der Waals surface area contributed by atoms with E-state index in [0.29, 0.717) is 48.7 Å². The summed E-state index contributed by atoms with van der Waals surface area (Å²) >= 11 is 0. The second kappa shape index (κ2) is 15.4. The standard InChI is InChI=1S/C26H29F5N8O2.C2H6/c1-2-16-12-17(4-5-18(16)25(40)34-8-11-41-10-3-6-32)36-23-24-35-13-20(39(24)9-7-33-23)19-14-38(15-21(27)28)37-22(19)26(29,30)31;1-2/h4-5,7,9,12-14,21H,2-3,6,8,10-11,15,32H2,1H3,(H,33,36)(H,34,40);1-2H3. The van der Waals surface area contributed by atoms with Crippen LogP contribution in [-0.2, 0) is 23.9 Å². The van der Waals surface area contributed by atoms with E-state index in [-0.39, 0.29) is 23.1 Å². The van der Waals surface area contributed by atoms with Crippen LogP contribution in [0.15, 0.2) is 43.0 Å². The minimum Gasteiger partial charge on any atom is -0.380 e. The molecule has 234 valence electrons. The van der Waals surface area contributed by atoms with Gasteiger partial charge in [0.15, 0.2) is 17.2 Å². The molecular formula is C28H35F5N8O2. The van der Waals surface area contributed by atoms with E-state index in [4.69, 9.17) is 10.5 Å². The van der Waals surface area contributed by atoms with Crippen molar-refractivity contribution >= 4 is 23.1 Å². The third kappa shape index (κ3) is 8.47. The first-order valence-electron chi connectivity index (χ1n) is 13.8. The van der Waals surface area contributed by atoms with Gasteiger partial charge in [0.1, 0.15) is 6.54 Å². The Kier molecular flexibility index (Phi) is 11.9. The summed E-state index contributed by atoms with van der Waals surface area (Å²) in [5.74, 6) is -0.0111. The predicted octanol–water partition coefficient (Wildman–Crippen LogP) is 5.30. The van der Waals surface area contributed by atoms with Gasteiger partial charge in [-0.3, -0.25) is 13.9 Å². The summed E-state index contributed by atoms with van der Waals surface area (Å²) in [4.78, 5) is 21.2. The highest BCUT2D eigenvalue weighted by molar-refractivity contribution is 5.96. The van der Waals surface area contributed by atoms with Crippen molar-refractivity contribution in [3.05, 3.63) is 59.8 Å². The largest absolute Gasteiger partial charge is 0.435 e. The number of hydrogen-bond donors (Lipinski definition) is 3. The molecule has 15 heteroatoms. The van der Waals surface area contributed by atoms with E-state index in [1.165, 1.54) is 23.0 Å². The van der Waals surface area contributed by atoms with Crippen LogP contribution in [0.2, 0.25) is 0 Å². The topological polar surface area (TPSA) is 124 Å². The summed E-state index contributed by atoms with van der Waals surface area (Å²) in [6.07, 6.45) is -1.54. The number of amides is 1. The predicted molar refractivity (Wildman–Crippen MR) is 152 cm³/mol. The van der Waals surface area contributed by atoms with Crippen LogP contribution in [0.3, 0.4) is 0 Å². The van der Waals surface area contributed by atoms with Crippen molar-refractivity contribution in [3.63, 3.8) is 0 Å². The number of hydrogen-bond acceptors (Lipinski definition) is 7. The SMILES string of the molecule is CC.CCc1cc(Nc2nccn3c(-c4cn(CC(F)F)nc4C(F)(F)F)cnc23)ccc1C(=O)NCCOCCCN. The van der Waals surface area contributed by atoms with Crippen LogP contribution in [0.25, 0.3) is 16.9 Å². The van der Waals surface area contributed by atoms with Crippen LogP contribution in [0, 0.1) is 0 Å². The van der Waals surface area contributed by atoms with Gasteiger partial charge in [0.2, 0.25) is 0 Å². The van der Waals surface area contributed by atoms with Gasteiger partial charge in [-0.1, -0.05) is 20.8 Å². The van der Waals surface area contributed by atoms with Gasteiger partial charge in [0, 0.05) is 43.0 Å². The highest BCUT2D eigenvalue weighted by atomic mass is 19.4. The van der Waals surface area contributed by atoms with E-state index in [1.54, 1.807) is 18.2 Å². The number of ether oxygens (including phenoxy) is 1. The van der Waals surface area contributed by atoms with E-state index in [2.05, 4.69) is 25.7 Å². The normalized spacial score (nSPS) is 11.5. The number of halogens is 5. The molecule has 0 unspecified atom stereocenters. The number of aryl methyl sites for hydroxylation is 1. The average molecular weight is 611 g/mol. The fourth-order valence-corrected chi connectivity index (χ4v) is 4.20. The lowest BCUT2D eigenvalue weighted by atomic mass is 10.0. The Bertz CT molecular complexity index is 1490. The third-order valence-corrected chi connectivity index (χ3v) is 6.08. The number of fused-ring (bicyclic) bond motifs is 1. The molecule has 0 bridgehead atoms. The number of nitrogens with one attached hydrogen (secondary N) is 2. The zero-order valence-electron chi connectivity index (χ0n) is 24.1. The summed E-state index contributed by atoms with van der Waals surface area (Å²) in [5.41, 5.74) is 5.77. The maximum Gasteiger partial charge on any atom is 0.435 e. The molecule has 4 aromatic rings. The van der Waals surface area contributed by atoms with Gasteiger partial charge in [-0.15, -0.1) is 0 Å². The van der Waals surface area contributed by atoms with E-state index in [1.807, 2.05) is 20.8 Å². The molecule has 0 fully saturated rings. The molecule has 0 atom stereocenters. The summed E-state index contributed by atoms with van der Waals surface area (Å²) in [6, 6.07) is 5.12. The Morgan fingerprint density at radius 3 is 2.60 bits per heavy atom. The zero-order chi connectivity index (χ0) is 31.6. The van der Waals surface area contributed by atoms with Crippen LogP contribution in [0.1, 0.15) is 48.8 Å². The average Bonchev–Trinajstić information content (AvgIpc) is 3.60. The second-order valence-corrected chi connectivity index (χ2v) is 8.98. The van der Waals surface area contributed by atoms with E-state index < -0.39 is 30.4 Å². The maximum absolute atomic E-state index is 13.7. The van der Waals surface area contributed by atoms with E-state index >= 15 is 0 Å². The molecule has 1 aromatic carbocycles. The number of imidazole rings is 1. The minimum absolute atomic E-state index is 0.00608. The van der Waals surface area contributed by atoms with Gasteiger partial charge >= 0.3 is 6.18 Å². The fourth-order valence-electron chi connectivity index (χ4n) is 4.20. The Labute approximate surface area is 245 Å². The highest BCUT2D eigenvalue weighted by Gasteiger charge is 2.38. The van der Waals surface area contributed by atoms with Gasteiger partial charge in [0.25, 0.3) is 12.3 Å². The monoisotopic (exact) mass is 610 g/mol. The van der Waals surface area contributed by atoms with Crippen LogP contribution in [-0.4, -0.2) is 62.8 Å². The molecule has 4 N–H and O–H groups in total. The summed E-state index contributed by atoms with van der Waals surface area (Å²) in [6.45, 7) is 6.69. The molecule has 0 spiro atoms. The Hall–Kier alpha value is -4.11. The molecule has 1 amide bonds. The first-order valence-corrected chi connectivity index (χ1v) is 13.8. The number of nitrogens with zero attached hydrogens (tertiary/aromatic N) is 5. The molecule has 4 rings (SSSR count). The smallest absolute Gasteiger partial charge is 0.380 e. The molecule has 0 radical (unpaired) electrons. The lowest BCUT2D eigenvalue weighted by Crippen LogP contribution is -2.28. The zero-order valence-corrected chi connectivity index (χ0v) is 24.1. The molecule has 10 nitrogen and oxygen atoms in total. The van der Waals surface area contributed by atoms with Crippen molar-refractivity contribution in [1.82, 2.24) is 29.5 Å². The minimum atomic E-state index is -4.87. The number of rotatable bonds is 13. The highest BCUT2D eigenvalue weighted by Crippen LogP contribution is 2.37. The summed E-state index contributed by atoms with van der Waals surface area (Å²) < 4.78 is 74.1. The fraction of sp³-hybridized carbons (Fsp3) is 0.429. The molecule has 0 saturated heterocycles. The van der Waals surface area contributed by atoms with Crippen LogP contribution >= 0.6 is 0 Å². The molecule has 0 aliphatic rings. The number of alkyl halides is 5. The first-order chi connectivity index (χ1) is 20.6. The van der Waals surface area contributed by atoms with Gasteiger partial charge in [-0.05, 0) is 43.1 Å². The Morgan fingerprint density at radius 2 is 1.93 bits per heavy atom. The first kappa shape index (κ1) is 33.4.